The van der Waals surface area contributed by atoms with E-state index in [9.17, 15) is 4.79 Å². The third kappa shape index (κ3) is 2.66. The Balaban J connectivity index is 2.40. The Bertz CT molecular complexity index is 708. The Kier molecular flexibility index (Phi) is 3.67. The predicted octanol–water partition coefficient (Wildman–Crippen LogP) is 2.86. The molecule has 0 unspecified atom stereocenters. The molecule has 0 radical (unpaired) electrons. The van der Waals surface area contributed by atoms with Gasteiger partial charge in [-0.25, -0.2) is 0 Å². The molecule has 2 aromatic rings. The number of hydrogen-bond acceptors (Lipinski definition) is 4. The van der Waals surface area contributed by atoms with Crippen molar-refractivity contribution in [1.29, 1.82) is 5.26 Å². The van der Waals surface area contributed by atoms with Crippen molar-refractivity contribution in [3.05, 3.63) is 28.6 Å². The lowest BCUT2D eigenvalue weighted by molar-refractivity contribution is 0.0731. The van der Waals surface area contributed by atoms with Crippen LogP contribution in [0.3, 0.4) is 0 Å². The fraction of sp³-hybridized carbons (Fsp3) is 0.308. The maximum atomic E-state index is 12.3. The number of fused-ring (bicyclic) bond motifs is 1. The molecule has 0 saturated carbocycles. The molecule has 0 fully saturated rings. The number of aromatic amines is 1. The first-order valence-electron chi connectivity index (χ1n) is 5.83. The number of nitrogens with zero attached hydrogens (tertiary/aromatic N) is 2. The molecule has 0 aliphatic heterocycles. The maximum Gasteiger partial charge on any atom is 0.266 e. The molecular weight excluding hydrogens is 262 g/mol. The first-order chi connectivity index (χ1) is 9.02. The van der Waals surface area contributed by atoms with Crippen molar-refractivity contribution >= 4 is 29.2 Å². The Labute approximate surface area is 115 Å². The second-order valence-corrected chi connectivity index (χ2v) is 4.78. The normalized spacial score (nSPS) is 10.6. The number of H-pyrrole nitrogens is 1. The standard InChI is InChI=1S/C13H13N3O2S/c1-8(2)16(6-5-14)12(17)9-3-4-10-11(7-9)18-13(19)15-10/h3-4,7-8H,6H2,1-2H3,(H,15,19). The third-order valence-electron chi connectivity index (χ3n) is 2.79. The quantitative estimate of drug-likeness (QED) is 0.690. The van der Waals surface area contributed by atoms with E-state index < -0.39 is 0 Å². The van der Waals surface area contributed by atoms with Crippen LogP contribution in [0.25, 0.3) is 11.1 Å². The summed E-state index contributed by atoms with van der Waals surface area (Å²) in [5.74, 6) is -0.194. The first-order valence-corrected chi connectivity index (χ1v) is 6.24. The number of oxazole rings is 1. The van der Waals surface area contributed by atoms with Gasteiger partial charge in [-0.2, -0.15) is 5.26 Å². The van der Waals surface area contributed by atoms with Crippen molar-refractivity contribution in [2.24, 2.45) is 0 Å². The van der Waals surface area contributed by atoms with Crippen LogP contribution in [-0.2, 0) is 0 Å². The summed E-state index contributed by atoms with van der Waals surface area (Å²) < 4.78 is 5.28. The van der Waals surface area contributed by atoms with Crippen LogP contribution in [0.5, 0.6) is 0 Å². The second kappa shape index (κ2) is 5.24. The Morgan fingerprint density at radius 1 is 1.58 bits per heavy atom. The van der Waals surface area contributed by atoms with E-state index in [1.54, 1.807) is 18.2 Å². The number of carbonyl (C=O) groups excluding carboxylic acids is 1. The van der Waals surface area contributed by atoms with Gasteiger partial charge in [-0.1, -0.05) is 0 Å². The molecule has 0 saturated heterocycles. The SMILES string of the molecule is CC(C)N(CC#N)C(=O)c1ccc2[nH]c(=S)oc2c1. The van der Waals surface area contributed by atoms with Crippen molar-refractivity contribution in [3.63, 3.8) is 0 Å². The van der Waals surface area contributed by atoms with Crippen molar-refractivity contribution in [1.82, 2.24) is 9.88 Å². The van der Waals surface area contributed by atoms with Crippen LogP contribution in [-0.4, -0.2) is 28.4 Å². The van der Waals surface area contributed by atoms with E-state index in [0.717, 1.165) is 5.52 Å². The molecule has 0 spiro atoms. The molecule has 1 aromatic carbocycles. The lowest BCUT2D eigenvalue weighted by Crippen LogP contribution is -2.37. The summed E-state index contributed by atoms with van der Waals surface area (Å²) in [5, 5.41) is 8.78. The molecule has 0 atom stereocenters. The third-order valence-corrected chi connectivity index (χ3v) is 2.98. The Morgan fingerprint density at radius 2 is 2.32 bits per heavy atom. The zero-order valence-corrected chi connectivity index (χ0v) is 11.5. The van der Waals surface area contributed by atoms with Crippen LogP contribution in [0.1, 0.15) is 24.2 Å². The van der Waals surface area contributed by atoms with E-state index >= 15 is 0 Å². The molecule has 1 aromatic heterocycles. The van der Waals surface area contributed by atoms with Crippen LogP contribution in [0, 0.1) is 16.2 Å². The van der Waals surface area contributed by atoms with Gasteiger partial charge in [0.05, 0.1) is 11.6 Å². The fourth-order valence-corrected chi connectivity index (χ4v) is 2.01. The molecule has 1 amide bonds. The van der Waals surface area contributed by atoms with Gasteiger partial charge in [0.1, 0.15) is 6.54 Å². The number of nitriles is 1. The Morgan fingerprint density at radius 3 is 2.95 bits per heavy atom. The van der Waals surface area contributed by atoms with Gasteiger partial charge < -0.3 is 14.3 Å². The van der Waals surface area contributed by atoms with E-state index in [-0.39, 0.29) is 23.3 Å². The molecule has 2 rings (SSSR count). The number of carbonyl (C=O) groups is 1. The number of hydrogen-bond donors (Lipinski definition) is 1. The van der Waals surface area contributed by atoms with Gasteiger partial charge >= 0.3 is 0 Å². The topological polar surface area (TPSA) is 73.0 Å². The molecule has 5 nitrogen and oxygen atoms in total. The molecule has 1 heterocycles. The molecule has 0 aliphatic carbocycles. The van der Waals surface area contributed by atoms with Crippen LogP contribution in [0.4, 0.5) is 0 Å². The van der Waals surface area contributed by atoms with Gasteiger partial charge in [-0.3, -0.25) is 4.79 Å². The van der Waals surface area contributed by atoms with Gasteiger partial charge in [-0.15, -0.1) is 0 Å². The minimum absolute atomic E-state index is 0.0412. The van der Waals surface area contributed by atoms with Crippen molar-refractivity contribution < 1.29 is 9.21 Å². The highest BCUT2D eigenvalue weighted by Crippen LogP contribution is 2.17. The molecule has 19 heavy (non-hydrogen) atoms. The molecule has 0 aliphatic rings. The highest BCUT2D eigenvalue weighted by Gasteiger charge is 2.19. The number of amides is 1. The highest BCUT2D eigenvalue weighted by molar-refractivity contribution is 7.71. The van der Waals surface area contributed by atoms with Crippen LogP contribution >= 0.6 is 12.2 Å². The summed E-state index contributed by atoms with van der Waals surface area (Å²) in [7, 11) is 0. The average Bonchev–Trinajstić information content (AvgIpc) is 2.73. The summed E-state index contributed by atoms with van der Waals surface area (Å²) in [6, 6.07) is 7.03. The first kappa shape index (κ1) is 13.3. The number of aromatic nitrogens is 1. The van der Waals surface area contributed by atoms with E-state index in [4.69, 9.17) is 21.9 Å². The molecular formula is C13H13N3O2S. The lowest BCUT2D eigenvalue weighted by atomic mass is 10.1. The van der Waals surface area contributed by atoms with Crippen molar-refractivity contribution in [2.45, 2.75) is 19.9 Å². The van der Waals surface area contributed by atoms with Gasteiger partial charge in [-0.05, 0) is 44.3 Å². The van der Waals surface area contributed by atoms with Crippen molar-refractivity contribution in [3.8, 4) is 6.07 Å². The summed E-state index contributed by atoms with van der Waals surface area (Å²) >= 11 is 4.90. The monoisotopic (exact) mass is 275 g/mol. The van der Waals surface area contributed by atoms with Crippen LogP contribution < -0.4 is 0 Å². The number of rotatable bonds is 3. The summed E-state index contributed by atoms with van der Waals surface area (Å²) in [4.78, 5) is 17.0. The van der Waals surface area contributed by atoms with E-state index in [1.807, 2.05) is 19.9 Å². The fourth-order valence-electron chi connectivity index (χ4n) is 1.81. The van der Waals surface area contributed by atoms with Crippen LogP contribution in [0.15, 0.2) is 22.6 Å². The number of nitrogens with one attached hydrogen (secondary N) is 1. The smallest absolute Gasteiger partial charge is 0.266 e. The zero-order valence-electron chi connectivity index (χ0n) is 10.6. The maximum absolute atomic E-state index is 12.3. The van der Waals surface area contributed by atoms with Gasteiger partial charge in [0.2, 0.25) is 0 Å². The van der Waals surface area contributed by atoms with Crippen LogP contribution in [0.2, 0.25) is 0 Å². The Hall–Kier alpha value is -2.13. The van der Waals surface area contributed by atoms with E-state index in [0.29, 0.717) is 11.1 Å². The van der Waals surface area contributed by atoms with Gasteiger partial charge in [0, 0.05) is 11.6 Å². The van der Waals surface area contributed by atoms with Gasteiger partial charge in [0.15, 0.2) is 5.58 Å². The lowest BCUT2D eigenvalue weighted by Gasteiger charge is -2.23. The number of benzene rings is 1. The van der Waals surface area contributed by atoms with Gasteiger partial charge in [0.25, 0.3) is 10.7 Å². The zero-order chi connectivity index (χ0) is 14.0. The minimum Gasteiger partial charge on any atom is -0.429 e. The van der Waals surface area contributed by atoms with E-state index in [2.05, 4.69) is 4.98 Å². The molecule has 6 heteroatoms. The predicted molar refractivity (Wildman–Crippen MR) is 73.2 cm³/mol. The highest BCUT2D eigenvalue weighted by atomic mass is 32.1. The average molecular weight is 275 g/mol. The second-order valence-electron chi connectivity index (χ2n) is 4.41. The molecule has 1 N–H and O–H groups in total. The summed E-state index contributed by atoms with van der Waals surface area (Å²) in [5.41, 5.74) is 1.77. The minimum atomic E-state index is -0.194. The molecule has 0 bridgehead atoms. The van der Waals surface area contributed by atoms with Crippen molar-refractivity contribution in [2.75, 3.05) is 6.54 Å². The molecule has 98 valence electrons. The van der Waals surface area contributed by atoms with E-state index in [1.165, 1.54) is 4.90 Å². The summed E-state index contributed by atoms with van der Waals surface area (Å²) in [6.07, 6.45) is 0. The summed E-state index contributed by atoms with van der Waals surface area (Å²) in [6.45, 7) is 3.80. The largest absolute Gasteiger partial charge is 0.429 e.